The quantitative estimate of drug-likeness (QED) is 0.417. The molecule has 0 spiro atoms. The summed E-state index contributed by atoms with van der Waals surface area (Å²) in [6.07, 6.45) is 2.03. The Morgan fingerprint density at radius 1 is 1.33 bits per heavy atom. The molecule has 36 heavy (non-hydrogen) atoms. The number of ether oxygens (including phenoxy) is 1. The molecule has 3 N–H and O–H groups in total. The van der Waals surface area contributed by atoms with Crippen LogP contribution in [-0.2, 0) is 6.54 Å². The van der Waals surface area contributed by atoms with Crippen LogP contribution in [0.5, 0.6) is 5.75 Å². The number of rotatable bonds is 8. The lowest BCUT2D eigenvalue weighted by Gasteiger charge is -2.34. The molecule has 200 valence electrons. The zero-order valence-electron chi connectivity index (χ0n) is 21.4. The Hall–Kier alpha value is -2.23. The largest absolute Gasteiger partial charge is 0.434 e. The summed E-state index contributed by atoms with van der Waals surface area (Å²) in [6, 6.07) is 4.51. The molecule has 0 bridgehead atoms. The molecular formula is C26H36ClF2N3O4. The first kappa shape index (κ1) is 28.3. The first-order chi connectivity index (χ1) is 16.8. The van der Waals surface area contributed by atoms with Gasteiger partial charge in [0.1, 0.15) is 5.75 Å². The van der Waals surface area contributed by atoms with Gasteiger partial charge in [-0.1, -0.05) is 45.4 Å². The maximum absolute atomic E-state index is 13.3. The number of nitrogens with zero attached hydrogens (tertiary/aromatic N) is 2. The van der Waals surface area contributed by atoms with Crippen LogP contribution >= 0.6 is 11.6 Å². The van der Waals surface area contributed by atoms with E-state index in [4.69, 9.17) is 16.3 Å². The van der Waals surface area contributed by atoms with Crippen molar-refractivity contribution in [3.63, 3.8) is 0 Å². The molecule has 3 rings (SSSR count). The summed E-state index contributed by atoms with van der Waals surface area (Å²) in [7, 11) is 0. The molecule has 0 unspecified atom stereocenters. The van der Waals surface area contributed by atoms with Gasteiger partial charge in [-0.3, -0.25) is 9.48 Å². The minimum atomic E-state index is -3.11. The van der Waals surface area contributed by atoms with Crippen LogP contribution in [0.1, 0.15) is 82.5 Å². The van der Waals surface area contributed by atoms with Crippen molar-refractivity contribution >= 4 is 17.5 Å². The van der Waals surface area contributed by atoms with Gasteiger partial charge in [0.2, 0.25) is 0 Å². The lowest BCUT2D eigenvalue weighted by Crippen LogP contribution is -2.45. The van der Waals surface area contributed by atoms with Gasteiger partial charge in [-0.05, 0) is 61.6 Å². The molecule has 0 radical (unpaired) electrons. The second-order valence-electron chi connectivity index (χ2n) is 10.8. The number of aromatic nitrogens is 2. The van der Waals surface area contributed by atoms with Gasteiger partial charge in [-0.2, -0.15) is 13.9 Å². The van der Waals surface area contributed by atoms with Crippen molar-refractivity contribution in [2.24, 2.45) is 11.3 Å². The summed E-state index contributed by atoms with van der Waals surface area (Å²) in [5.74, 6) is -0.199. The summed E-state index contributed by atoms with van der Waals surface area (Å²) in [4.78, 5) is 13.0. The highest BCUT2D eigenvalue weighted by Crippen LogP contribution is 2.41. The van der Waals surface area contributed by atoms with Crippen molar-refractivity contribution in [1.82, 2.24) is 15.1 Å². The summed E-state index contributed by atoms with van der Waals surface area (Å²) >= 11 is 6.60. The number of alkyl halides is 2. The molecule has 1 fully saturated rings. The van der Waals surface area contributed by atoms with E-state index in [-0.39, 0.29) is 34.3 Å². The van der Waals surface area contributed by atoms with Crippen molar-refractivity contribution in [3.05, 3.63) is 34.5 Å². The van der Waals surface area contributed by atoms with Gasteiger partial charge >= 0.3 is 6.61 Å². The fourth-order valence-electron chi connectivity index (χ4n) is 4.47. The van der Waals surface area contributed by atoms with Crippen molar-refractivity contribution in [3.8, 4) is 17.0 Å². The third-order valence-corrected chi connectivity index (χ3v) is 7.16. The van der Waals surface area contributed by atoms with Crippen LogP contribution in [-0.4, -0.2) is 44.7 Å². The van der Waals surface area contributed by atoms with E-state index in [1.165, 1.54) is 16.8 Å². The molecule has 2 aromatic rings. The number of halogens is 3. The van der Waals surface area contributed by atoms with E-state index in [0.29, 0.717) is 30.9 Å². The summed E-state index contributed by atoms with van der Waals surface area (Å²) in [5, 5.41) is 28.5. The van der Waals surface area contributed by atoms with Crippen molar-refractivity contribution in [1.29, 1.82) is 0 Å². The second kappa shape index (κ2) is 11.0. The molecule has 0 saturated heterocycles. The number of aliphatic hydroxyl groups is 2. The fraction of sp³-hybridized carbons (Fsp3) is 0.615. The van der Waals surface area contributed by atoms with Gasteiger partial charge in [-0.15, -0.1) is 0 Å². The van der Waals surface area contributed by atoms with Gasteiger partial charge in [0.05, 0.1) is 22.4 Å². The first-order valence-electron chi connectivity index (χ1n) is 12.3. The van der Waals surface area contributed by atoms with Crippen LogP contribution in [0.15, 0.2) is 18.2 Å². The minimum absolute atomic E-state index is 0.0122. The van der Waals surface area contributed by atoms with Gasteiger partial charge in [-0.25, -0.2) is 0 Å². The summed E-state index contributed by atoms with van der Waals surface area (Å²) in [6.45, 7) is 6.69. The summed E-state index contributed by atoms with van der Waals surface area (Å²) in [5.41, 5.74) is -0.692. The lowest BCUT2D eigenvalue weighted by atomic mass is 9.79. The van der Waals surface area contributed by atoms with Crippen LogP contribution in [0.3, 0.4) is 0 Å². The maximum Gasteiger partial charge on any atom is 0.387 e. The molecule has 1 amide bonds. The predicted molar refractivity (Wildman–Crippen MR) is 134 cm³/mol. The molecular weight excluding hydrogens is 492 g/mol. The number of aliphatic hydroxyl groups excluding tert-OH is 1. The van der Waals surface area contributed by atoms with Gasteiger partial charge in [0, 0.05) is 18.7 Å². The topological polar surface area (TPSA) is 96.6 Å². The second-order valence-corrected chi connectivity index (χ2v) is 11.2. The number of nitrogens with one attached hydrogen (secondary N) is 1. The highest BCUT2D eigenvalue weighted by atomic mass is 35.5. The van der Waals surface area contributed by atoms with E-state index in [9.17, 15) is 23.8 Å². The fourth-order valence-corrected chi connectivity index (χ4v) is 4.80. The maximum atomic E-state index is 13.3. The minimum Gasteiger partial charge on any atom is -0.434 e. The molecule has 1 aromatic carbocycles. The smallest absolute Gasteiger partial charge is 0.387 e. The Balaban J connectivity index is 1.95. The van der Waals surface area contributed by atoms with Gasteiger partial charge in [0.25, 0.3) is 5.91 Å². The van der Waals surface area contributed by atoms with E-state index in [1.807, 2.05) is 20.8 Å². The van der Waals surface area contributed by atoms with Crippen LogP contribution in [0.2, 0.25) is 5.02 Å². The van der Waals surface area contributed by atoms with Crippen molar-refractivity contribution in [2.75, 3.05) is 6.54 Å². The number of benzene rings is 1. The zero-order chi connectivity index (χ0) is 26.8. The molecule has 1 aliphatic rings. The van der Waals surface area contributed by atoms with Crippen LogP contribution in [0.4, 0.5) is 8.78 Å². The van der Waals surface area contributed by atoms with Crippen molar-refractivity contribution in [2.45, 2.75) is 85.2 Å². The van der Waals surface area contributed by atoms with Crippen LogP contribution in [0.25, 0.3) is 11.3 Å². The molecule has 1 saturated carbocycles. The molecule has 7 nitrogen and oxygen atoms in total. The SMILES string of the molecule is CCn1nc(C(=O)NCC2(O)CCC(C)CC2)c(Cl)c1-c1ccc([C@@H](O)C(C)(C)C)cc1OC(F)F. The zero-order valence-corrected chi connectivity index (χ0v) is 22.2. The Bertz CT molecular complexity index is 1080. The molecule has 1 heterocycles. The van der Waals surface area contributed by atoms with Crippen molar-refractivity contribution < 1.29 is 28.5 Å². The Morgan fingerprint density at radius 2 is 1.97 bits per heavy atom. The Kier molecular flexibility index (Phi) is 8.68. The van der Waals surface area contributed by atoms with E-state index in [1.54, 1.807) is 13.0 Å². The first-order valence-corrected chi connectivity index (χ1v) is 12.7. The normalized spacial score (nSPS) is 21.5. The van der Waals surface area contributed by atoms with E-state index in [2.05, 4.69) is 17.3 Å². The number of hydrogen-bond donors (Lipinski definition) is 3. The lowest BCUT2D eigenvalue weighted by molar-refractivity contribution is -0.0497. The predicted octanol–water partition coefficient (Wildman–Crippen LogP) is 5.58. The number of aryl methyl sites for hydroxylation is 1. The van der Waals surface area contributed by atoms with E-state index < -0.39 is 29.6 Å². The third kappa shape index (κ3) is 6.36. The molecule has 10 heteroatoms. The van der Waals surface area contributed by atoms with Crippen LogP contribution in [0, 0.1) is 11.3 Å². The van der Waals surface area contributed by atoms with E-state index in [0.717, 1.165) is 12.8 Å². The molecule has 0 aliphatic heterocycles. The Labute approximate surface area is 215 Å². The highest BCUT2D eigenvalue weighted by molar-refractivity contribution is 6.36. The van der Waals surface area contributed by atoms with Gasteiger partial charge < -0.3 is 20.3 Å². The number of amides is 1. The molecule has 1 atom stereocenters. The third-order valence-electron chi connectivity index (χ3n) is 6.81. The Morgan fingerprint density at radius 3 is 2.53 bits per heavy atom. The number of carbonyl (C=O) groups excluding carboxylic acids is 1. The standard InChI is InChI=1S/C26H36ClF2N3O4/c1-6-32-21(17-8-7-16(22(33)25(3,4)5)13-18(17)36-24(28)29)19(27)20(31-32)23(34)30-14-26(35)11-9-15(2)10-12-26/h7-8,13,15,22,24,33,35H,6,9-12,14H2,1-5H3,(H,30,34)/t15?,22-,26?/m1/s1. The van der Waals surface area contributed by atoms with E-state index >= 15 is 0 Å². The number of hydrogen-bond acceptors (Lipinski definition) is 5. The average molecular weight is 528 g/mol. The number of carbonyl (C=O) groups is 1. The average Bonchev–Trinajstić information content (AvgIpc) is 3.14. The molecule has 1 aliphatic carbocycles. The van der Waals surface area contributed by atoms with Gasteiger partial charge in [0.15, 0.2) is 5.69 Å². The summed E-state index contributed by atoms with van der Waals surface area (Å²) < 4.78 is 32.9. The highest BCUT2D eigenvalue weighted by Gasteiger charge is 2.33. The monoisotopic (exact) mass is 527 g/mol. The van der Waals surface area contributed by atoms with Crippen LogP contribution < -0.4 is 10.1 Å². The molecule has 1 aromatic heterocycles.